The van der Waals surface area contributed by atoms with Gasteiger partial charge >= 0.3 is 5.97 Å². The van der Waals surface area contributed by atoms with E-state index < -0.39 is 17.3 Å². The van der Waals surface area contributed by atoms with Crippen LogP contribution in [0.1, 0.15) is 39.3 Å². The van der Waals surface area contributed by atoms with Crippen LogP contribution in [-0.4, -0.2) is 126 Å². The number of carboxylic acids is 1. The number of likely N-dealkylation sites (tertiary alicyclic amines) is 1. The second-order valence-corrected chi connectivity index (χ2v) is 9.56. The maximum atomic E-state index is 12.5. The van der Waals surface area contributed by atoms with Crippen molar-refractivity contribution >= 4 is 29.5 Å². The lowest BCUT2D eigenvalue weighted by atomic mass is 10.3. The third-order valence-corrected chi connectivity index (χ3v) is 6.53. The lowest BCUT2D eigenvalue weighted by Gasteiger charge is -2.13. The van der Waals surface area contributed by atoms with E-state index in [1.165, 1.54) is 0 Å². The third kappa shape index (κ3) is 15.0. The Balaban J connectivity index is 0.00000391. The van der Waals surface area contributed by atoms with Crippen molar-refractivity contribution in [3.05, 3.63) is 11.9 Å². The summed E-state index contributed by atoms with van der Waals surface area (Å²) in [6.07, 6.45) is 2.67. The number of carbonyl (C=O) groups excluding carboxylic acids is 2. The Morgan fingerprint density at radius 1 is 1.00 bits per heavy atom. The molecule has 0 bridgehead atoms. The van der Waals surface area contributed by atoms with Gasteiger partial charge < -0.3 is 34.5 Å². The number of nitrogens with two attached hydrogens (primary N) is 1. The van der Waals surface area contributed by atoms with E-state index in [4.69, 9.17) is 34.5 Å². The monoisotopic (exact) mass is 591 g/mol. The molecule has 3 N–H and O–H groups in total. The quantitative estimate of drug-likeness (QED) is 0.133. The van der Waals surface area contributed by atoms with Gasteiger partial charge in [-0.1, -0.05) is 26.0 Å². The van der Waals surface area contributed by atoms with Crippen LogP contribution >= 0.6 is 11.8 Å². The van der Waals surface area contributed by atoms with E-state index in [0.29, 0.717) is 71.7 Å². The highest BCUT2D eigenvalue weighted by Gasteiger charge is 2.39. The number of hydrogen-bond acceptors (Lipinski definition) is 12. The van der Waals surface area contributed by atoms with Crippen LogP contribution in [0.5, 0.6) is 0 Å². The largest absolute Gasteiger partial charge is 0.480 e. The van der Waals surface area contributed by atoms with Gasteiger partial charge in [-0.2, -0.15) is 0 Å². The molecule has 0 radical (unpaired) electrons. The van der Waals surface area contributed by atoms with Crippen molar-refractivity contribution in [2.24, 2.45) is 5.73 Å². The molecule has 40 heavy (non-hydrogen) atoms. The second-order valence-electron chi connectivity index (χ2n) is 8.32. The average Bonchev–Trinajstić information content (AvgIpc) is 3.51. The van der Waals surface area contributed by atoms with Gasteiger partial charge in [0.15, 0.2) is 0 Å². The number of imide groups is 1. The average molecular weight is 592 g/mol. The summed E-state index contributed by atoms with van der Waals surface area (Å²) in [5.74, 6) is -1.80. The minimum atomic E-state index is -1.15. The third-order valence-electron chi connectivity index (χ3n) is 5.20. The summed E-state index contributed by atoms with van der Waals surface area (Å²) in [6.45, 7) is 11.7. The van der Waals surface area contributed by atoms with Gasteiger partial charge in [-0.05, 0) is 6.42 Å². The van der Waals surface area contributed by atoms with Crippen LogP contribution in [0.15, 0.2) is 6.20 Å². The van der Waals surface area contributed by atoms with E-state index in [-0.39, 0.29) is 30.5 Å². The first-order valence-electron chi connectivity index (χ1n) is 13.6. The summed E-state index contributed by atoms with van der Waals surface area (Å²) in [7, 11) is 0. The lowest BCUT2D eigenvalue weighted by Crippen LogP contribution is -2.34. The van der Waals surface area contributed by atoms with Crippen LogP contribution in [-0.2, 0) is 51.2 Å². The number of carbonyl (C=O) groups is 3. The van der Waals surface area contributed by atoms with E-state index in [0.717, 1.165) is 29.7 Å². The number of aliphatic carboxylic acids is 1. The number of rotatable bonds is 23. The molecule has 230 valence electrons. The predicted octanol–water partition coefficient (Wildman–Crippen LogP) is 0.570. The number of aromatic nitrogens is 3. The SMILES string of the molecule is CC.CCCOCCOCCOCCOCCOCCn1cc(CN2C(=O)CC(SCC(N)C(=O)O)C2=O)nn1. The van der Waals surface area contributed by atoms with Crippen molar-refractivity contribution in [1.82, 2.24) is 19.9 Å². The van der Waals surface area contributed by atoms with E-state index in [1.54, 1.807) is 10.9 Å². The van der Waals surface area contributed by atoms with Crippen LogP contribution in [0.25, 0.3) is 0 Å². The fourth-order valence-corrected chi connectivity index (χ4v) is 4.32. The predicted molar refractivity (Wildman–Crippen MR) is 148 cm³/mol. The topological polar surface area (TPSA) is 178 Å². The normalized spacial score (nSPS) is 15.8. The molecule has 2 rings (SSSR count). The minimum Gasteiger partial charge on any atom is -0.480 e. The highest BCUT2D eigenvalue weighted by Crippen LogP contribution is 2.26. The zero-order valence-electron chi connectivity index (χ0n) is 23.8. The van der Waals surface area contributed by atoms with E-state index in [9.17, 15) is 14.4 Å². The Bertz CT molecular complexity index is 845. The maximum Gasteiger partial charge on any atom is 0.321 e. The Kier molecular flexibility index (Phi) is 20.2. The molecular formula is C25H45N5O9S. The minimum absolute atomic E-state index is 0.00938. The van der Waals surface area contributed by atoms with Gasteiger partial charge in [0.1, 0.15) is 11.7 Å². The summed E-state index contributed by atoms with van der Waals surface area (Å²) in [4.78, 5) is 36.8. The van der Waals surface area contributed by atoms with Crippen molar-refractivity contribution in [3.8, 4) is 0 Å². The van der Waals surface area contributed by atoms with Gasteiger partial charge in [-0.25, -0.2) is 4.68 Å². The number of hydrogen-bond donors (Lipinski definition) is 2. The van der Waals surface area contributed by atoms with Crippen LogP contribution in [0.2, 0.25) is 0 Å². The van der Waals surface area contributed by atoms with Crippen LogP contribution in [0, 0.1) is 0 Å². The summed E-state index contributed by atoms with van der Waals surface area (Å²) in [5, 5.41) is 16.2. The number of thioether (sulfide) groups is 1. The first kappa shape index (κ1) is 35.9. The summed E-state index contributed by atoms with van der Waals surface area (Å²) in [5.41, 5.74) is 5.94. The molecule has 2 unspecified atom stereocenters. The summed E-state index contributed by atoms with van der Waals surface area (Å²) in [6, 6.07) is -1.09. The fraction of sp³-hybridized carbons (Fsp3) is 0.800. The van der Waals surface area contributed by atoms with Gasteiger partial charge in [0.25, 0.3) is 0 Å². The zero-order chi connectivity index (χ0) is 29.6. The molecule has 2 amide bonds. The van der Waals surface area contributed by atoms with Crippen LogP contribution in [0.3, 0.4) is 0 Å². The zero-order valence-corrected chi connectivity index (χ0v) is 24.6. The number of nitrogens with zero attached hydrogens (tertiary/aromatic N) is 4. The first-order chi connectivity index (χ1) is 19.4. The lowest BCUT2D eigenvalue weighted by molar-refractivity contribution is -0.139. The Morgan fingerprint density at radius 3 is 2.05 bits per heavy atom. The Hall–Kier alpha value is -2.14. The standard InChI is InChI=1S/C23H39N5O9S.C2H6/c1-2-4-33-6-8-35-10-12-37-13-11-36-9-7-34-5-3-27-15-18(25-26-27)16-28-21(29)14-20(22(28)30)38-17-19(24)23(31)32;1-2/h15,19-20H,2-14,16-17,24H2,1H3,(H,31,32);1-2H3. The molecule has 15 heteroatoms. The first-order valence-corrected chi connectivity index (χ1v) is 14.7. The molecule has 0 saturated carbocycles. The molecule has 1 aliphatic heterocycles. The van der Waals surface area contributed by atoms with Gasteiger partial charge in [0, 0.05) is 18.8 Å². The van der Waals surface area contributed by atoms with Crippen molar-refractivity contribution < 1.29 is 43.2 Å². The molecule has 14 nitrogen and oxygen atoms in total. The van der Waals surface area contributed by atoms with E-state index >= 15 is 0 Å². The highest BCUT2D eigenvalue weighted by atomic mass is 32.2. The Labute approximate surface area is 240 Å². The molecule has 1 aromatic heterocycles. The number of carboxylic acid groups (broad SMARTS) is 1. The Morgan fingerprint density at radius 2 is 1.52 bits per heavy atom. The molecule has 1 saturated heterocycles. The van der Waals surface area contributed by atoms with E-state index in [1.807, 2.05) is 13.8 Å². The molecule has 0 aliphatic carbocycles. The van der Waals surface area contributed by atoms with Crippen molar-refractivity contribution in [2.75, 3.05) is 71.8 Å². The van der Waals surface area contributed by atoms with Crippen LogP contribution in [0.4, 0.5) is 0 Å². The number of ether oxygens (including phenoxy) is 5. The molecule has 1 aromatic rings. The molecule has 0 spiro atoms. The van der Waals surface area contributed by atoms with Gasteiger partial charge in [0.2, 0.25) is 11.8 Å². The van der Waals surface area contributed by atoms with Crippen molar-refractivity contribution in [2.45, 2.75) is 58.0 Å². The van der Waals surface area contributed by atoms with Crippen LogP contribution < -0.4 is 5.73 Å². The molecular weight excluding hydrogens is 546 g/mol. The summed E-state index contributed by atoms with van der Waals surface area (Å²) < 4.78 is 28.7. The molecule has 2 atom stereocenters. The fourth-order valence-electron chi connectivity index (χ4n) is 3.21. The van der Waals surface area contributed by atoms with Crippen molar-refractivity contribution in [3.63, 3.8) is 0 Å². The van der Waals surface area contributed by atoms with Crippen molar-refractivity contribution in [1.29, 1.82) is 0 Å². The molecule has 2 heterocycles. The second kappa shape index (κ2) is 22.5. The molecule has 0 aromatic carbocycles. The molecule has 1 aliphatic rings. The summed E-state index contributed by atoms with van der Waals surface area (Å²) >= 11 is 1.08. The van der Waals surface area contributed by atoms with Gasteiger partial charge in [-0.15, -0.1) is 16.9 Å². The van der Waals surface area contributed by atoms with Gasteiger partial charge in [-0.3, -0.25) is 19.3 Å². The van der Waals surface area contributed by atoms with E-state index in [2.05, 4.69) is 17.2 Å². The number of amides is 2. The van der Waals surface area contributed by atoms with Gasteiger partial charge in [0.05, 0.1) is 84.0 Å². The smallest absolute Gasteiger partial charge is 0.321 e. The maximum absolute atomic E-state index is 12.5. The molecule has 1 fully saturated rings. The highest BCUT2D eigenvalue weighted by molar-refractivity contribution is 8.00.